The van der Waals surface area contributed by atoms with Gasteiger partial charge in [0.05, 0.1) is 12.5 Å². The fourth-order valence-corrected chi connectivity index (χ4v) is 5.06. The molecule has 0 bridgehead atoms. The number of nitrogens with one attached hydrogen (secondary N) is 1. The number of piperidine rings is 1. The molecule has 0 saturated carbocycles. The zero-order valence-corrected chi connectivity index (χ0v) is 16.7. The molecule has 27 heavy (non-hydrogen) atoms. The van der Waals surface area contributed by atoms with E-state index in [4.69, 9.17) is 4.74 Å². The van der Waals surface area contributed by atoms with E-state index in [0.717, 1.165) is 76.1 Å². The van der Waals surface area contributed by atoms with Gasteiger partial charge in [0.15, 0.2) is 0 Å². The molecule has 0 aromatic heterocycles. The molecule has 0 radical (unpaired) electrons. The van der Waals surface area contributed by atoms with E-state index in [0.29, 0.717) is 5.91 Å². The predicted octanol–water partition coefficient (Wildman–Crippen LogP) is 2.37. The molecule has 3 fully saturated rings. The van der Waals surface area contributed by atoms with Crippen LogP contribution in [-0.2, 0) is 11.3 Å². The van der Waals surface area contributed by atoms with Crippen molar-refractivity contribution in [1.29, 1.82) is 0 Å². The lowest BCUT2D eigenvalue weighted by atomic mass is 9.77. The quantitative estimate of drug-likeness (QED) is 0.863. The molecule has 148 valence electrons. The van der Waals surface area contributed by atoms with Crippen LogP contribution in [0.25, 0.3) is 0 Å². The highest BCUT2D eigenvalue weighted by Crippen LogP contribution is 2.42. The van der Waals surface area contributed by atoms with Crippen molar-refractivity contribution < 1.29 is 9.53 Å². The second kappa shape index (κ2) is 7.80. The molecule has 3 heterocycles. The molecule has 1 N–H and O–H groups in total. The zero-order valence-electron chi connectivity index (χ0n) is 16.7. The van der Waals surface area contributed by atoms with E-state index >= 15 is 0 Å². The van der Waals surface area contributed by atoms with Gasteiger partial charge in [0, 0.05) is 19.6 Å². The van der Waals surface area contributed by atoms with Crippen LogP contribution >= 0.6 is 0 Å². The molecule has 5 nitrogen and oxygen atoms in total. The Balaban J connectivity index is 1.31. The standard InChI is InChI=1S/C22H33N3O2/c1-17-13-23-14-19(17)16-24-10-7-22(8-11-24)9-12-25(21(22)26)15-18-3-5-20(27-2)6-4-18/h3-6,17,19,23H,7-16H2,1-2H3/t17?,19-/m1/s1. The average molecular weight is 372 g/mol. The number of rotatable bonds is 5. The first-order valence-corrected chi connectivity index (χ1v) is 10.4. The normalized spacial score (nSPS) is 28.2. The van der Waals surface area contributed by atoms with Gasteiger partial charge in [-0.15, -0.1) is 0 Å². The number of hydrogen-bond donors (Lipinski definition) is 1. The van der Waals surface area contributed by atoms with Gasteiger partial charge in [-0.2, -0.15) is 0 Å². The minimum atomic E-state index is -0.0947. The fraction of sp³-hybridized carbons (Fsp3) is 0.682. The second-order valence-corrected chi connectivity index (χ2v) is 8.80. The zero-order chi connectivity index (χ0) is 18.9. The Morgan fingerprint density at radius 1 is 1.11 bits per heavy atom. The Morgan fingerprint density at radius 3 is 2.44 bits per heavy atom. The van der Waals surface area contributed by atoms with Crippen molar-refractivity contribution >= 4 is 5.91 Å². The number of benzene rings is 1. The smallest absolute Gasteiger partial charge is 0.229 e. The van der Waals surface area contributed by atoms with Crippen LogP contribution in [0.4, 0.5) is 0 Å². The van der Waals surface area contributed by atoms with E-state index in [-0.39, 0.29) is 5.41 Å². The number of amides is 1. The molecule has 0 aliphatic carbocycles. The van der Waals surface area contributed by atoms with Crippen LogP contribution in [-0.4, -0.2) is 62.1 Å². The van der Waals surface area contributed by atoms with Crippen LogP contribution in [0.15, 0.2) is 24.3 Å². The third-order valence-corrected chi connectivity index (χ3v) is 7.12. The van der Waals surface area contributed by atoms with Gasteiger partial charge in [-0.1, -0.05) is 19.1 Å². The number of carbonyl (C=O) groups excluding carboxylic acids is 1. The maximum atomic E-state index is 13.2. The van der Waals surface area contributed by atoms with E-state index in [9.17, 15) is 4.79 Å². The van der Waals surface area contributed by atoms with Gasteiger partial charge in [0.1, 0.15) is 5.75 Å². The predicted molar refractivity (Wildman–Crippen MR) is 107 cm³/mol. The maximum Gasteiger partial charge on any atom is 0.229 e. The summed E-state index contributed by atoms with van der Waals surface area (Å²) in [5.74, 6) is 2.79. The monoisotopic (exact) mass is 371 g/mol. The molecule has 1 amide bonds. The summed E-state index contributed by atoms with van der Waals surface area (Å²) >= 11 is 0. The van der Waals surface area contributed by atoms with E-state index in [1.807, 2.05) is 12.1 Å². The van der Waals surface area contributed by atoms with Crippen LogP contribution in [0, 0.1) is 17.3 Å². The summed E-state index contributed by atoms with van der Waals surface area (Å²) in [6.07, 6.45) is 3.08. The molecule has 1 aromatic rings. The summed E-state index contributed by atoms with van der Waals surface area (Å²) in [6, 6.07) is 8.08. The lowest BCUT2D eigenvalue weighted by Gasteiger charge is -2.39. The molecule has 1 aromatic carbocycles. The van der Waals surface area contributed by atoms with Gasteiger partial charge in [-0.3, -0.25) is 4.79 Å². The first-order chi connectivity index (χ1) is 13.1. The first-order valence-electron chi connectivity index (χ1n) is 10.4. The molecule has 2 atom stereocenters. The summed E-state index contributed by atoms with van der Waals surface area (Å²) in [6.45, 7) is 9.62. The Morgan fingerprint density at radius 2 is 1.81 bits per heavy atom. The second-order valence-electron chi connectivity index (χ2n) is 8.80. The number of ether oxygens (including phenoxy) is 1. The Bertz CT molecular complexity index is 652. The Labute approximate surface area is 163 Å². The summed E-state index contributed by atoms with van der Waals surface area (Å²) in [5, 5.41) is 3.51. The molecule has 5 heteroatoms. The third kappa shape index (κ3) is 3.85. The van der Waals surface area contributed by atoms with Crippen LogP contribution in [0.3, 0.4) is 0 Å². The highest BCUT2D eigenvalue weighted by molar-refractivity contribution is 5.85. The lowest BCUT2D eigenvalue weighted by Crippen LogP contribution is -2.46. The number of methoxy groups -OCH3 is 1. The Hall–Kier alpha value is -1.59. The van der Waals surface area contributed by atoms with Crippen molar-refractivity contribution in [2.45, 2.75) is 32.7 Å². The highest BCUT2D eigenvalue weighted by Gasteiger charge is 2.48. The lowest BCUT2D eigenvalue weighted by molar-refractivity contribution is -0.139. The number of hydrogen-bond acceptors (Lipinski definition) is 4. The Kier molecular flexibility index (Phi) is 5.42. The van der Waals surface area contributed by atoms with Crippen LogP contribution < -0.4 is 10.1 Å². The highest BCUT2D eigenvalue weighted by atomic mass is 16.5. The van der Waals surface area contributed by atoms with Crippen molar-refractivity contribution in [3.05, 3.63) is 29.8 Å². The minimum absolute atomic E-state index is 0.0947. The van der Waals surface area contributed by atoms with Gasteiger partial charge >= 0.3 is 0 Å². The number of carbonyl (C=O) groups is 1. The molecule has 3 aliphatic rings. The molecular weight excluding hydrogens is 338 g/mol. The maximum absolute atomic E-state index is 13.2. The molecule has 3 aliphatic heterocycles. The third-order valence-electron chi connectivity index (χ3n) is 7.12. The molecular formula is C22H33N3O2. The van der Waals surface area contributed by atoms with Gasteiger partial charge in [-0.05, 0) is 75.0 Å². The topological polar surface area (TPSA) is 44.8 Å². The van der Waals surface area contributed by atoms with Crippen molar-refractivity contribution in [2.24, 2.45) is 17.3 Å². The van der Waals surface area contributed by atoms with Crippen LogP contribution in [0.2, 0.25) is 0 Å². The number of nitrogens with zero attached hydrogens (tertiary/aromatic N) is 2. The summed E-state index contributed by atoms with van der Waals surface area (Å²) in [7, 11) is 1.68. The van der Waals surface area contributed by atoms with E-state index < -0.39 is 0 Å². The van der Waals surface area contributed by atoms with Crippen molar-refractivity contribution in [1.82, 2.24) is 15.1 Å². The van der Waals surface area contributed by atoms with Gasteiger partial charge in [-0.25, -0.2) is 0 Å². The molecule has 1 unspecified atom stereocenters. The van der Waals surface area contributed by atoms with E-state index in [2.05, 4.69) is 34.2 Å². The molecule has 3 saturated heterocycles. The fourth-order valence-electron chi connectivity index (χ4n) is 5.06. The van der Waals surface area contributed by atoms with Crippen molar-refractivity contribution in [3.8, 4) is 5.75 Å². The van der Waals surface area contributed by atoms with Crippen LogP contribution in [0.5, 0.6) is 5.75 Å². The SMILES string of the molecule is COc1ccc(CN2CCC3(CCN(C[C@H]4CNCC4C)CC3)C2=O)cc1. The van der Waals surface area contributed by atoms with E-state index in [1.165, 1.54) is 12.1 Å². The largest absolute Gasteiger partial charge is 0.497 e. The number of likely N-dealkylation sites (tertiary alicyclic amines) is 2. The van der Waals surface area contributed by atoms with E-state index in [1.54, 1.807) is 7.11 Å². The van der Waals surface area contributed by atoms with Crippen molar-refractivity contribution in [3.63, 3.8) is 0 Å². The van der Waals surface area contributed by atoms with Gasteiger partial charge in [0.25, 0.3) is 0 Å². The molecule has 1 spiro atoms. The average Bonchev–Trinajstić information content (AvgIpc) is 3.23. The minimum Gasteiger partial charge on any atom is -0.497 e. The van der Waals surface area contributed by atoms with Gasteiger partial charge in [0.2, 0.25) is 5.91 Å². The first kappa shape index (κ1) is 18.8. The van der Waals surface area contributed by atoms with Crippen LogP contribution in [0.1, 0.15) is 31.7 Å². The summed E-state index contributed by atoms with van der Waals surface area (Å²) < 4.78 is 5.23. The van der Waals surface area contributed by atoms with Gasteiger partial charge < -0.3 is 19.9 Å². The molecule has 4 rings (SSSR count). The summed E-state index contributed by atoms with van der Waals surface area (Å²) in [4.78, 5) is 17.9. The summed E-state index contributed by atoms with van der Waals surface area (Å²) in [5.41, 5.74) is 1.09. The van der Waals surface area contributed by atoms with Crippen molar-refractivity contribution in [2.75, 3.05) is 46.4 Å².